The van der Waals surface area contributed by atoms with Gasteiger partial charge in [0.1, 0.15) is 16.8 Å². The molecule has 3 heterocycles. The molecule has 1 aromatic carbocycles. The number of phenolic OH excluding ortho intramolecular Hbond substituents is 1. The third-order valence-corrected chi connectivity index (χ3v) is 6.02. The second-order valence-corrected chi connectivity index (χ2v) is 7.47. The van der Waals surface area contributed by atoms with E-state index in [1.165, 1.54) is 11.7 Å². The Morgan fingerprint density at radius 1 is 1.34 bits per heavy atom. The zero-order chi connectivity index (χ0) is 20.9. The SMILES string of the molecule is CNn1cc(C(=O)O)c(=O)c2cc(F)c(N3CCN4C(CO)CCC4C3)c(O)c21. The van der Waals surface area contributed by atoms with Gasteiger partial charge in [0.05, 0.1) is 12.0 Å². The average molecular weight is 406 g/mol. The van der Waals surface area contributed by atoms with Gasteiger partial charge < -0.3 is 25.6 Å². The van der Waals surface area contributed by atoms with E-state index < -0.39 is 28.5 Å². The Bertz CT molecular complexity index is 1040. The van der Waals surface area contributed by atoms with Crippen LogP contribution in [-0.2, 0) is 0 Å². The second-order valence-electron chi connectivity index (χ2n) is 7.47. The van der Waals surface area contributed by atoms with Gasteiger partial charge in [0, 0.05) is 45.0 Å². The molecule has 4 N–H and O–H groups in total. The number of carboxylic acids is 1. The standard InChI is InChI=1S/C19H23FN4O5/c1-21-24-8-13(19(28)29)17(26)12-6-14(20)16(18(27)15(12)24)22-4-5-23-10(7-22)2-3-11(23)9-25/h6,8,10-11,21,25,27H,2-5,7,9H2,1H3,(H,28,29). The number of aromatic carboxylic acids is 1. The summed E-state index contributed by atoms with van der Waals surface area (Å²) in [6.45, 7) is 1.67. The van der Waals surface area contributed by atoms with Crippen molar-refractivity contribution in [2.45, 2.75) is 24.9 Å². The van der Waals surface area contributed by atoms with Crippen LogP contribution in [0.25, 0.3) is 10.9 Å². The molecular formula is C19H23FN4O5. The first-order valence-corrected chi connectivity index (χ1v) is 9.50. The molecule has 156 valence electrons. The lowest BCUT2D eigenvalue weighted by Crippen LogP contribution is -2.53. The monoisotopic (exact) mass is 406 g/mol. The largest absolute Gasteiger partial charge is 0.504 e. The summed E-state index contributed by atoms with van der Waals surface area (Å²) in [5, 5.41) is 29.4. The molecule has 2 aromatic rings. The highest BCUT2D eigenvalue weighted by Gasteiger charge is 2.38. The Labute approximate surface area is 165 Å². The highest BCUT2D eigenvalue weighted by atomic mass is 19.1. The predicted octanol–water partition coefficient (Wildman–Crippen LogP) is 0.363. The number of hydrogen-bond acceptors (Lipinski definition) is 7. The number of carbonyl (C=O) groups is 1. The molecular weight excluding hydrogens is 383 g/mol. The van der Waals surface area contributed by atoms with Crippen LogP contribution in [0.3, 0.4) is 0 Å². The molecule has 29 heavy (non-hydrogen) atoms. The van der Waals surface area contributed by atoms with E-state index in [0.29, 0.717) is 19.6 Å². The first kappa shape index (κ1) is 19.5. The van der Waals surface area contributed by atoms with Crippen molar-refractivity contribution in [1.29, 1.82) is 0 Å². The maximum absolute atomic E-state index is 15.0. The highest BCUT2D eigenvalue weighted by molar-refractivity contribution is 5.96. The molecule has 4 rings (SSSR count). The predicted molar refractivity (Wildman–Crippen MR) is 105 cm³/mol. The molecule has 2 atom stereocenters. The number of piperazine rings is 1. The fourth-order valence-electron chi connectivity index (χ4n) is 4.62. The Morgan fingerprint density at radius 3 is 2.76 bits per heavy atom. The van der Waals surface area contributed by atoms with Crippen molar-refractivity contribution in [2.24, 2.45) is 0 Å². The second kappa shape index (κ2) is 7.20. The van der Waals surface area contributed by atoms with E-state index in [4.69, 9.17) is 0 Å². The van der Waals surface area contributed by atoms with Crippen LogP contribution in [0, 0.1) is 5.82 Å². The number of carboxylic acid groups (broad SMARTS) is 1. The van der Waals surface area contributed by atoms with Crippen LogP contribution in [0.2, 0.25) is 0 Å². The number of phenols is 1. The lowest BCUT2D eigenvalue weighted by Gasteiger charge is -2.41. The van der Waals surface area contributed by atoms with E-state index in [9.17, 15) is 24.9 Å². The minimum absolute atomic E-state index is 0.00364. The Kier molecular flexibility index (Phi) is 4.83. The van der Waals surface area contributed by atoms with Crippen molar-refractivity contribution >= 4 is 22.6 Å². The molecule has 9 nitrogen and oxygen atoms in total. The van der Waals surface area contributed by atoms with E-state index >= 15 is 4.39 Å². The average Bonchev–Trinajstić information content (AvgIpc) is 3.11. The van der Waals surface area contributed by atoms with Gasteiger partial charge in [-0.25, -0.2) is 9.18 Å². The van der Waals surface area contributed by atoms with Gasteiger partial charge in [-0.1, -0.05) is 0 Å². The van der Waals surface area contributed by atoms with Crippen LogP contribution in [0.4, 0.5) is 10.1 Å². The van der Waals surface area contributed by atoms with Crippen molar-refractivity contribution in [3.8, 4) is 5.75 Å². The van der Waals surface area contributed by atoms with Gasteiger partial charge in [-0.05, 0) is 18.9 Å². The first-order chi connectivity index (χ1) is 13.9. The summed E-state index contributed by atoms with van der Waals surface area (Å²) in [7, 11) is 1.50. The number of nitrogens with one attached hydrogen (secondary N) is 1. The number of halogens is 1. The van der Waals surface area contributed by atoms with Crippen LogP contribution < -0.4 is 15.8 Å². The summed E-state index contributed by atoms with van der Waals surface area (Å²) in [5.41, 5.74) is 1.36. The van der Waals surface area contributed by atoms with E-state index in [0.717, 1.165) is 25.1 Å². The normalized spacial score (nSPS) is 22.1. The van der Waals surface area contributed by atoms with E-state index in [2.05, 4.69) is 10.3 Å². The van der Waals surface area contributed by atoms with Gasteiger partial charge in [0.25, 0.3) is 0 Å². The molecule has 2 unspecified atom stereocenters. The number of aromatic nitrogens is 1. The van der Waals surface area contributed by atoms with Crippen LogP contribution >= 0.6 is 0 Å². The first-order valence-electron chi connectivity index (χ1n) is 9.50. The number of aromatic hydroxyl groups is 1. The molecule has 0 aliphatic carbocycles. The molecule has 0 radical (unpaired) electrons. The number of hydrogen-bond donors (Lipinski definition) is 4. The smallest absolute Gasteiger partial charge is 0.341 e. The zero-order valence-corrected chi connectivity index (χ0v) is 15.9. The molecule has 0 amide bonds. The van der Waals surface area contributed by atoms with E-state index in [1.807, 2.05) is 0 Å². The van der Waals surface area contributed by atoms with Gasteiger partial charge in [-0.2, -0.15) is 0 Å². The maximum Gasteiger partial charge on any atom is 0.341 e. The Hall–Kier alpha value is -2.85. The Balaban J connectivity index is 1.82. The van der Waals surface area contributed by atoms with Crippen LogP contribution in [-0.4, -0.2) is 76.2 Å². The number of benzene rings is 1. The third-order valence-electron chi connectivity index (χ3n) is 6.02. The molecule has 2 saturated heterocycles. The van der Waals surface area contributed by atoms with Crippen molar-refractivity contribution in [2.75, 3.05) is 43.6 Å². The number of aliphatic hydroxyl groups excluding tert-OH is 1. The molecule has 0 bridgehead atoms. The minimum atomic E-state index is -1.43. The van der Waals surface area contributed by atoms with E-state index in [1.54, 1.807) is 4.90 Å². The molecule has 0 saturated carbocycles. The topological polar surface area (TPSA) is 118 Å². The quantitative estimate of drug-likeness (QED) is 0.575. The van der Waals surface area contributed by atoms with Crippen LogP contribution in [0.5, 0.6) is 5.75 Å². The van der Waals surface area contributed by atoms with E-state index in [-0.39, 0.29) is 35.3 Å². The number of fused-ring (bicyclic) bond motifs is 2. The van der Waals surface area contributed by atoms with Crippen molar-refractivity contribution < 1.29 is 24.5 Å². The van der Waals surface area contributed by atoms with Gasteiger partial charge in [0.15, 0.2) is 11.6 Å². The van der Waals surface area contributed by atoms with Crippen LogP contribution in [0.15, 0.2) is 17.1 Å². The number of rotatable bonds is 4. The third kappa shape index (κ3) is 2.99. The van der Waals surface area contributed by atoms with Crippen molar-refractivity contribution in [1.82, 2.24) is 9.58 Å². The summed E-state index contributed by atoms with van der Waals surface area (Å²) in [6.07, 6.45) is 2.83. The Morgan fingerprint density at radius 2 is 2.10 bits per heavy atom. The number of anilines is 1. The van der Waals surface area contributed by atoms with Crippen LogP contribution in [0.1, 0.15) is 23.2 Å². The zero-order valence-electron chi connectivity index (χ0n) is 15.9. The maximum atomic E-state index is 15.0. The summed E-state index contributed by atoms with van der Waals surface area (Å²) >= 11 is 0. The highest BCUT2D eigenvalue weighted by Crippen LogP contribution is 2.39. The fourth-order valence-corrected chi connectivity index (χ4v) is 4.62. The molecule has 2 aliphatic rings. The van der Waals surface area contributed by atoms with Gasteiger partial charge in [-0.3, -0.25) is 14.4 Å². The lowest BCUT2D eigenvalue weighted by atomic mass is 10.1. The van der Waals surface area contributed by atoms with Crippen molar-refractivity contribution in [3.05, 3.63) is 33.9 Å². The molecule has 10 heteroatoms. The number of aliphatic hydroxyl groups is 1. The number of nitrogens with zero attached hydrogens (tertiary/aromatic N) is 3. The molecule has 2 aliphatic heterocycles. The molecule has 1 aromatic heterocycles. The summed E-state index contributed by atoms with van der Waals surface area (Å²) in [4.78, 5) is 27.8. The molecule has 2 fully saturated rings. The minimum Gasteiger partial charge on any atom is -0.504 e. The number of pyridine rings is 1. The summed E-state index contributed by atoms with van der Waals surface area (Å²) in [6, 6.07) is 1.25. The van der Waals surface area contributed by atoms with Gasteiger partial charge in [0.2, 0.25) is 5.43 Å². The summed E-state index contributed by atoms with van der Waals surface area (Å²) < 4.78 is 16.2. The van der Waals surface area contributed by atoms with Gasteiger partial charge in [-0.15, -0.1) is 0 Å². The van der Waals surface area contributed by atoms with Gasteiger partial charge >= 0.3 is 5.97 Å². The van der Waals surface area contributed by atoms with Crippen molar-refractivity contribution in [3.63, 3.8) is 0 Å². The molecule has 0 spiro atoms. The fraction of sp³-hybridized carbons (Fsp3) is 0.474. The lowest BCUT2D eigenvalue weighted by molar-refractivity contribution is 0.0695. The summed E-state index contributed by atoms with van der Waals surface area (Å²) in [5.74, 6) is -2.61.